The Bertz CT molecular complexity index is 993. The third kappa shape index (κ3) is 6.78. The monoisotopic (exact) mass is 537 g/mol. The number of halogens is 1. The average Bonchev–Trinajstić information content (AvgIpc) is 3.34. The molecule has 0 saturated carbocycles. The van der Waals surface area contributed by atoms with Gasteiger partial charge in [0, 0.05) is 38.2 Å². The third-order valence-corrected chi connectivity index (χ3v) is 4.76. The van der Waals surface area contributed by atoms with E-state index in [1.165, 1.54) is 0 Å². The van der Waals surface area contributed by atoms with E-state index in [2.05, 4.69) is 69.8 Å². The van der Waals surface area contributed by atoms with Gasteiger partial charge in [0.25, 0.3) is 0 Å². The first-order valence-electron chi connectivity index (χ1n) is 10.4. The Balaban J connectivity index is 0.00000341. The summed E-state index contributed by atoms with van der Waals surface area (Å²) < 4.78 is 7.27. The van der Waals surface area contributed by atoms with Crippen molar-refractivity contribution in [2.24, 2.45) is 4.99 Å². The molecule has 8 nitrogen and oxygen atoms in total. The van der Waals surface area contributed by atoms with Gasteiger partial charge in [-0.1, -0.05) is 37.2 Å². The molecule has 2 N–H and O–H groups in total. The van der Waals surface area contributed by atoms with Crippen molar-refractivity contribution in [3.63, 3.8) is 0 Å². The van der Waals surface area contributed by atoms with Crippen molar-refractivity contribution in [3.8, 4) is 5.69 Å². The van der Waals surface area contributed by atoms with E-state index in [1.54, 1.807) is 7.05 Å². The Morgan fingerprint density at radius 3 is 2.61 bits per heavy atom. The molecule has 3 rings (SSSR count). The molecule has 0 fully saturated rings. The lowest BCUT2D eigenvalue weighted by atomic mass is 10.1. The Morgan fingerprint density at radius 1 is 1.19 bits per heavy atom. The van der Waals surface area contributed by atoms with Crippen LogP contribution in [0.15, 0.2) is 39.8 Å². The molecular weight excluding hydrogens is 505 g/mol. The normalized spacial score (nSPS) is 11.5. The fourth-order valence-corrected chi connectivity index (χ4v) is 3.19. The largest absolute Gasteiger partial charge is 0.356 e. The fourth-order valence-electron chi connectivity index (χ4n) is 3.19. The summed E-state index contributed by atoms with van der Waals surface area (Å²) in [5.74, 6) is 2.48. The van der Waals surface area contributed by atoms with Gasteiger partial charge in [-0.05, 0) is 38.0 Å². The molecule has 0 amide bonds. The van der Waals surface area contributed by atoms with Gasteiger partial charge in [-0.3, -0.25) is 4.99 Å². The molecule has 31 heavy (non-hydrogen) atoms. The van der Waals surface area contributed by atoms with Crippen molar-refractivity contribution in [2.45, 2.75) is 53.0 Å². The SMILES string of the molecule is CN=C(NCCCc1nc(C(C)C)no1)NCc1ccccc1-n1nc(C)cc1C.I. The van der Waals surface area contributed by atoms with Crippen LogP contribution in [0.5, 0.6) is 0 Å². The molecule has 0 aliphatic heterocycles. The molecule has 2 heterocycles. The van der Waals surface area contributed by atoms with Crippen molar-refractivity contribution in [1.82, 2.24) is 30.6 Å². The lowest BCUT2D eigenvalue weighted by Gasteiger charge is -2.15. The van der Waals surface area contributed by atoms with Crippen LogP contribution >= 0.6 is 24.0 Å². The van der Waals surface area contributed by atoms with Gasteiger partial charge in [-0.2, -0.15) is 10.1 Å². The number of aromatic nitrogens is 4. The quantitative estimate of drug-likeness (QED) is 0.196. The molecule has 0 spiro atoms. The molecule has 0 aliphatic carbocycles. The Hall–Kier alpha value is -2.43. The Morgan fingerprint density at radius 2 is 1.97 bits per heavy atom. The van der Waals surface area contributed by atoms with Crippen LogP contribution in [0.3, 0.4) is 0 Å². The lowest BCUT2D eigenvalue weighted by molar-refractivity contribution is 0.368. The van der Waals surface area contributed by atoms with Gasteiger partial charge < -0.3 is 15.2 Å². The molecule has 0 unspecified atom stereocenters. The van der Waals surface area contributed by atoms with Crippen LogP contribution in [-0.4, -0.2) is 39.5 Å². The van der Waals surface area contributed by atoms with Crippen LogP contribution in [0.4, 0.5) is 0 Å². The number of benzene rings is 1. The zero-order valence-electron chi connectivity index (χ0n) is 18.8. The highest BCUT2D eigenvalue weighted by molar-refractivity contribution is 14.0. The molecule has 3 aromatic rings. The maximum atomic E-state index is 5.29. The average molecular weight is 537 g/mol. The molecule has 0 radical (unpaired) electrons. The number of para-hydroxylation sites is 1. The first-order chi connectivity index (χ1) is 14.5. The van der Waals surface area contributed by atoms with Crippen LogP contribution in [0.2, 0.25) is 0 Å². The molecule has 9 heteroatoms. The van der Waals surface area contributed by atoms with Crippen LogP contribution in [-0.2, 0) is 13.0 Å². The number of hydrogen-bond donors (Lipinski definition) is 2. The van der Waals surface area contributed by atoms with Crippen molar-refractivity contribution in [2.75, 3.05) is 13.6 Å². The number of aryl methyl sites for hydroxylation is 3. The summed E-state index contributed by atoms with van der Waals surface area (Å²) in [6, 6.07) is 10.3. The fraction of sp³-hybridized carbons (Fsp3) is 0.455. The number of nitrogens with zero attached hydrogens (tertiary/aromatic N) is 5. The topological polar surface area (TPSA) is 93.2 Å². The number of guanidine groups is 1. The highest BCUT2D eigenvalue weighted by Gasteiger charge is 2.10. The molecule has 2 aromatic heterocycles. The van der Waals surface area contributed by atoms with Crippen LogP contribution in [0.25, 0.3) is 5.69 Å². The van der Waals surface area contributed by atoms with Crippen molar-refractivity contribution in [3.05, 3.63) is 59.0 Å². The van der Waals surface area contributed by atoms with E-state index in [-0.39, 0.29) is 29.9 Å². The first-order valence-corrected chi connectivity index (χ1v) is 10.4. The van der Waals surface area contributed by atoms with Gasteiger partial charge in [0.15, 0.2) is 11.8 Å². The van der Waals surface area contributed by atoms with Gasteiger partial charge in [-0.15, -0.1) is 24.0 Å². The van der Waals surface area contributed by atoms with E-state index in [0.717, 1.165) is 53.8 Å². The second-order valence-corrected chi connectivity index (χ2v) is 7.62. The second kappa shape index (κ2) is 11.8. The van der Waals surface area contributed by atoms with Gasteiger partial charge in [0.2, 0.25) is 5.89 Å². The highest BCUT2D eigenvalue weighted by Crippen LogP contribution is 2.17. The minimum Gasteiger partial charge on any atom is -0.356 e. The predicted molar refractivity (Wildman–Crippen MR) is 133 cm³/mol. The maximum absolute atomic E-state index is 5.29. The number of rotatable bonds is 8. The smallest absolute Gasteiger partial charge is 0.226 e. The molecule has 1 aromatic carbocycles. The Labute approximate surface area is 200 Å². The third-order valence-electron chi connectivity index (χ3n) is 4.76. The van der Waals surface area contributed by atoms with E-state index in [0.29, 0.717) is 12.4 Å². The van der Waals surface area contributed by atoms with E-state index >= 15 is 0 Å². The summed E-state index contributed by atoms with van der Waals surface area (Å²) in [5.41, 5.74) is 4.35. The molecule has 0 bridgehead atoms. The highest BCUT2D eigenvalue weighted by atomic mass is 127. The first kappa shape index (κ1) is 24.8. The van der Waals surface area contributed by atoms with Crippen molar-refractivity contribution in [1.29, 1.82) is 0 Å². The summed E-state index contributed by atoms with van der Waals surface area (Å²) in [6.45, 7) is 9.59. The zero-order valence-corrected chi connectivity index (χ0v) is 21.2. The number of hydrogen-bond acceptors (Lipinski definition) is 5. The lowest BCUT2D eigenvalue weighted by Crippen LogP contribution is -2.37. The standard InChI is InChI=1S/C22H31N7O.HI/c1-15(2)21-26-20(30-28-21)11-8-12-24-22(23-5)25-14-18-9-6-7-10-19(18)29-17(4)13-16(3)27-29;/h6-7,9-10,13,15H,8,11-12,14H2,1-5H3,(H2,23,24,25);1H. The Kier molecular flexibility index (Phi) is 9.47. The molecule has 0 aliphatic rings. The van der Waals surface area contributed by atoms with Crippen molar-refractivity contribution >= 4 is 29.9 Å². The van der Waals surface area contributed by atoms with Crippen molar-refractivity contribution < 1.29 is 4.52 Å². The molecule has 0 saturated heterocycles. The van der Waals surface area contributed by atoms with Gasteiger partial charge in [0.1, 0.15) is 0 Å². The summed E-state index contributed by atoms with van der Waals surface area (Å²) in [4.78, 5) is 8.73. The van der Waals surface area contributed by atoms with Gasteiger partial charge in [0.05, 0.1) is 11.4 Å². The van der Waals surface area contributed by atoms with E-state index < -0.39 is 0 Å². The maximum Gasteiger partial charge on any atom is 0.226 e. The second-order valence-electron chi connectivity index (χ2n) is 7.62. The van der Waals surface area contributed by atoms with E-state index in [4.69, 9.17) is 4.52 Å². The minimum atomic E-state index is 0. The van der Waals surface area contributed by atoms with Crippen LogP contribution in [0, 0.1) is 13.8 Å². The van der Waals surface area contributed by atoms with Crippen LogP contribution < -0.4 is 10.6 Å². The predicted octanol–water partition coefficient (Wildman–Crippen LogP) is 3.91. The number of aliphatic imine (C=N–C) groups is 1. The summed E-state index contributed by atoms with van der Waals surface area (Å²) in [7, 11) is 1.77. The summed E-state index contributed by atoms with van der Waals surface area (Å²) in [6.07, 6.45) is 1.62. The summed E-state index contributed by atoms with van der Waals surface area (Å²) >= 11 is 0. The van der Waals surface area contributed by atoms with E-state index in [1.807, 2.05) is 23.7 Å². The summed E-state index contributed by atoms with van der Waals surface area (Å²) in [5, 5.41) is 15.3. The molecule has 0 atom stereocenters. The number of nitrogens with one attached hydrogen (secondary N) is 2. The molecular formula is C22H32IN7O. The van der Waals surface area contributed by atoms with Crippen LogP contribution in [0.1, 0.15) is 54.9 Å². The van der Waals surface area contributed by atoms with E-state index in [9.17, 15) is 0 Å². The van der Waals surface area contributed by atoms with Gasteiger partial charge in [-0.25, -0.2) is 4.68 Å². The zero-order chi connectivity index (χ0) is 21.5. The molecule has 168 valence electrons. The van der Waals surface area contributed by atoms with Gasteiger partial charge >= 0.3 is 0 Å². The minimum absolute atomic E-state index is 0.